The van der Waals surface area contributed by atoms with Crippen LogP contribution in [0.25, 0.3) is 0 Å². The molecule has 18 heavy (non-hydrogen) atoms. The van der Waals surface area contributed by atoms with Gasteiger partial charge in [-0.3, -0.25) is 9.48 Å². The van der Waals surface area contributed by atoms with Crippen molar-refractivity contribution in [2.24, 2.45) is 0 Å². The molecule has 0 aliphatic heterocycles. The lowest BCUT2D eigenvalue weighted by atomic mass is 10.3. The Morgan fingerprint density at radius 1 is 1.44 bits per heavy atom. The molecule has 0 atom stereocenters. The van der Waals surface area contributed by atoms with Gasteiger partial charge in [-0.15, -0.1) is 11.3 Å². The third kappa shape index (κ3) is 3.70. The summed E-state index contributed by atoms with van der Waals surface area (Å²) in [5.74, 6) is 0.0641. The van der Waals surface area contributed by atoms with Gasteiger partial charge in [0.2, 0.25) is 5.91 Å². The molecule has 0 spiro atoms. The zero-order valence-electron chi connectivity index (χ0n) is 10.6. The highest BCUT2D eigenvalue weighted by atomic mass is 32.1. The fraction of sp³-hybridized carbons (Fsp3) is 0.385. The first kappa shape index (κ1) is 12.8. The van der Waals surface area contributed by atoms with Crippen LogP contribution in [-0.2, 0) is 17.9 Å². The normalized spacial score (nSPS) is 10.6. The van der Waals surface area contributed by atoms with Gasteiger partial charge in [-0.2, -0.15) is 5.10 Å². The number of aryl methyl sites for hydroxylation is 3. The summed E-state index contributed by atoms with van der Waals surface area (Å²) in [6, 6.07) is 4.12. The second kappa shape index (κ2) is 5.82. The molecular formula is C13H17N3OS. The van der Waals surface area contributed by atoms with Gasteiger partial charge in [0, 0.05) is 28.9 Å². The SMILES string of the molecule is Cc1cnn(CCC(=O)NCc2ccc(C)s2)c1. The number of hydrogen-bond donors (Lipinski definition) is 1. The van der Waals surface area contributed by atoms with E-state index in [-0.39, 0.29) is 5.91 Å². The zero-order chi connectivity index (χ0) is 13.0. The first-order valence-corrected chi connectivity index (χ1v) is 6.76. The summed E-state index contributed by atoms with van der Waals surface area (Å²) in [5.41, 5.74) is 1.12. The maximum absolute atomic E-state index is 11.7. The Hall–Kier alpha value is -1.62. The fourth-order valence-corrected chi connectivity index (χ4v) is 2.49. The molecule has 96 valence electrons. The van der Waals surface area contributed by atoms with Gasteiger partial charge in [0.1, 0.15) is 0 Å². The monoisotopic (exact) mass is 263 g/mol. The number of aromatic nitrogens is 2. The van der Waals surface area contributed by atoms with Gasteiger partial charge >= 0.3 is 0 Å². The molecule has 4 nitrogen and oxygen atoms in total. The lowest BCUT2D eigenvalue weighted by Crippen LogP contribution is -2.23. The molecule has 0 radical (unpaired) electrons. The van der Waals surface area contributed by atoms with Crippen LogP contribution in [0.3, 0.4) is 0 Å². The van der Waals surface area contributed by atoms with Crippen molar-refractivity contribution in [1.82, 2.24) is 15.1 Å². The van der Waals surface area contributed by atoms with Gasteiger partial charge in [0.25, 0.3) is 0 Å². The van der Waals surface area contributed by atoms with Crippen molar-refractivity contribution in [3.8, 4) is 0 Å². The summed E-state index contributed by atoms with van der Waals surface area (Å²) in [4.78, 5) is 14.1. The van der Waals surface area contributed by atoms with Crippen LogP contribution in [0.15, 0.2) is 24.5 Å². The predicted molar refractivity (Wildman–Crippen MR) is 72.5 cm³/mol. The minimum absolute atomic E-state index is 0.0641. The van der Waals surface area contributed by atoms with E-state index in [9.17, 15) is 4.79 Å². The molecule has 2 aromatic rings. The lowest BCUT2D eigenvalue weighted by Gasteiger charge is -2.03. The van der Waals surface area contributed by atoms with Crippen molar-refractivity contribution < 1.29 is 4.79 Å². The average Bonchev–Trinajstić information content (AvgIpc) is 2.93. The highest BCUT2D eigenvalue weighted by Gasteiger charge is 2.03. The van der Waals surface area contributed by atoms with E-state index in [2.05, 4.69) is 29.5 Å². The summed E-state index contributed by atoms with van der Waals surface area (Å²) in [5, 5.41) is 7.07. The van der Waals surface area contributed by atoms with Crippen LogP contribution in [0, 0.1) is 13.8 Å². The third-order valence-corrected chi connectivity index (χ3v) is 3.59. The van der Waals surface area contributed by atoms with Crippen molar-refractivity contribution in [2.45, 2.75) is 33.4 Å². The number of carbonyl (C=O) groups excluding carboxylic acids is 1. The molecule has 0 unspecified atom stereocenters. The lowest BCUT2D eigenvalue weighted by molar-refractivity contribution is -0.121. The Balaban J connectivity index is 1.72. The second-order valence-electron chi connectivity index (χ2n) is 4.32. The van der Waals surface area contributed by atoms with E-state index in [4.69, 9.17) is 0 Å². The van der Waals surface area contributed by atoms with Gasteiger partial charge in [-0.05, 0) is 31.5 Å². The smallest absolute Gasteiger partial charge is 0.222 e. The number of amides is 1. The van der Waals surface area contributed by atoms with Crippen LogP contribution in [0.1, 0.15) is 21.7 Å². The van der Waals surface area contributed by atoms with Gasteiger partial charge in [0.05, 0.1) is 12.7 Å². The van der Waals surface area contributed by atoms with E-state index < -0.39 is 0 Å². The van der Waals surface area contributed by atoms with E-state index in [0.717, 1.165) is 5.56 Å². The van der Waals surface area contributed by atoms with Gasteiger partial charge in [0.15, 0.2) is 0 Å². The average molecular weight is 263 g/mol. The molecule has 1 N–H and O–H groups in total. The first-order valence-electron chi connectivity index (χ1n) is 5.94. The molecule has 0 saturated carbocycles. The fourth-order valence-electron chi connectivity index (χ4n) is 1.66. The third-order valence-electron chi connectivity index (χ3n) is 2.59. The number of carbonyl (C=O) groups is 1. The van der Waals surface area contributed by atoms with E-state index in [1.165, 1.54) is 9.75 Å². The topological polar surface area (TPSA) is 46.9 Å². The number of nitrogens with one attached hydrogen (secondary N) is 1. The standard InChI is InChI=1S/C13H17N3OS/c1-10-7-15-16(9-10)6-5-13(17)14-8-12-4-3-11(2)18-12/h3-4,7,9H,5-6,8H2,1-2H3,(H,14,17). The molecule has 0 aliphatic carbocycles. The van der Waals surface area contributed by atoms with Crippen molar-refractivity contribution >= 4 is 17.2 Å². The Kier molecular flexibility index (Phi) is 4.15. The van der Waals surface area contributed by atoms with Crippen molar-refractivity contribution in [2.75, 3.05) is 0 Å². The number of hydrogen-bond acceptors (Lipinski definition) is 3. The summed E-state index contributed by atoms with van der Waals surface area (Å²) >= 11 is 1.72. The molecule has 5 heteroatoms. The van der Waals surface area contributed by atoms with Crippen LogP contribution < -0.4 is 5.32 Å². The minimum Gasteiger partial charge on any atom is -0.351 e. The maximum atomic E-state index is 11.7. The molecule has 0 fully saturated rings. The van der Waals surface area contributed by atoms with Crippen molar-refractivity contribution in [1.29, 1.82) is 0 Å². The van der Waals surface area contributed by atoms with Crippen molar-refractivity contribution in [3.05, 3.63) is 39.8 Å². The summed E-state index contributed by atoms with van der Waals surface area (Å²) in [6.07, 6.45) is 4.20. The van der Waals surface area contributed by atoms with Gasteiger partial charge in [-0.25, -0.2) is 0 Å². The molecule has 0 aliphatic rings. The van der Waals surface area contributed by atoms with Gasteiger partial charge in [-0.1, -0.05) is 0 Å². The molecule has 2 rings (SSSR count). The molecule has 0 bridgehead atoms. The van der Waals surface area contributed by atoms with E-state index in [0.29, 0.717) is 19.5 Å². The summed E-state index contributed by atoms with van der Waals surface area (Å²) < 4.78 is 1.80. The summed E-state index contributed by atoms with van der Waals surface area (Å²) in [7, 11) is 0. The Morgan fingerprint density at radius 3 is 2.89 bits per heavy atom. The largest absolute Gasteiger partial charge is 0.351 e. The highest BCUT2D eigenvalue weighted by molar-refractivity contribution is 7.11. The molecular weight excluding hydrogens is 246 g/mol. The maximum Gasteiger partial charge on any atom is 0.222 e. The Labute approximate surface area is 111 Å². The van der Waals surface area contributed by atoms with E-state index in [1.54, 1.807) is 22.2 Å². The molecule has 1 amide bonds. The number of rotatable bonds is 5. The Morgan fingerprint density at radius 2 is 2.28 bits per heavy atom. The van der Waals surface area contributed by atoms with E-state index in [1.807, 2.05) is 13.1 Å². The number of nitrogens with zero attached hydrogens (tertiary/aromatic N) is 2. The Bertz CT molecular complexity index is 484. The summed E-state index contributed by atoms with van der Waals surface area (Å²) in [6.45, 7) is 5.30. The molecule has 2 heterocycles. The second-order valence-corrected chi connectivity index (χ2v) is 5.69. The molecule has 0 aromatic carbocycles. The number of thiophene rings is 1. The van der Waals surface area contributed by atoms with E-state index >= 15 is 0 Å². The van der Waals surface area contributed by atoms with Crippen LogP contribution >= 0.6 is 11.3 Å². The first-order chi connectivity index (χ1) is 8.63. The zero-order valence-corrected chi connectivity index (χ0v) is 11.5. The predicted octanol–water partition coefficient (Wildman–Crippen LogP) is 2.27. The highest BCUT2D eigenvalue weighted by Crippen LogP contribution is 2.14. The quantitative estimate of drug-likeness (QED) is 0.899. The minimum atomic E-state index is 0.0641. The van der Waals surface area contributed by atoms with Crippen LogP contribution in [0.4, 0.5) is 0 Å². The van der Waals surface area contributed by atoms with Crippen LogP contribution in [0.2, 0.25) is 0 Å². The van der Waals surface area contributed by atoms with Crippen LogP contribution in [-0.4, -0.2) is 15.7 Å². The van der Waals surface area contributed by atoms with Gasteiger partial charge < -0.3 is 5.32 Å². The van der Waals surface area contributed by atoms with Crippen LogP contribution in [0.5, 0.6) is 0 Å². The van der Waals surface area contributed by atoms with Crippen molar-refractivity contribution in [3.63, 3.8) is 0 Å². The molecule has 0 saturated heterocycles. The molecule has 2 aromatic heterocycles.